The van der Waals surface area contributed by atoms with Crippen molar-refractivity contribution in [2.45, 2.75) is 90.6 Å². The molecule has 0 aliphatic heterocycles. The van der Waals surface area contributed by atoms with E-state index in [1.165, 1.54) is 11.3 Å². The summed E-state index contributed by atoms with van der Waals surface area (Å²) in [6.07, 6.45) is 2.40. The van der Waals surface area contributed by atoms with Gasteiger partial charge in [0.15, 0.2) is 0 Å². The molecule has 0 bridgehead atoms. The van der Waals surface area contributed by atoms with Crippen molar-refractivity contribution >= 4 is 40.7 Å². The van der Waals surface area contributed by atoms with Crippen LogP contribution in [0.2, 0.25) is 0 Å². The van der Waals surface area contributed by atoms with Gasteiger partial charge in [0.05, 0.1) is 33.2 Å². The summed E-state index contributed by atoms with van der Waals surface area (Å²) in [6, 6.07) is 16.9. The van der Waals surface area contributed by atoms with E-state index in [9.17, 15) is 19.5 Å². The molecule has 52 heavy (non-hydrogen) atoms. The highest BCUT2D eigenvalue weighted by Crippen LogP contribution is 2.17. The number of hydrogen-bond acceptors (Lipinski definition) is 9. The van der Waals surface area contributed by atoms with Crippen LogP contribution in [0, 0.1) is 11.8 Å². The molecule has 4 rings (SSSR count). The predicted molar refractivity (Wildman–Crippen MR) is 206 cm³/mol. The van der Waals surface area contributed by atoms with E-state index in [1.807, 2.05) is 79.9 Å². The van der Waals surface area contributed by atoms with Crippen LogP contribution >= 0.6 is 22.7 Å². The van der Waals surface area contributed by atoms with Gasteiger partial charge in [-0.25, -0.2) is 14.6 Å². The number of nitrogens with one attached hydrogen (secondary N) is 3. The van der Waals surface area contributed by atoms with E-state index in [0.29, 0.717) is 31.7 Å². The summed E-state index contributed by atoms with van der Waals surface area (Å²) in [5.74, 6) is -0.0325. The maximum atomic E-state index is 13.9. The third-order valence-electron chi connectivity index (χ3n) is 8.55. The maximum absolute atomic E-state index is 13.9. The Morgan fingerprint density at radius 1 is 0.885 bits per heavy atom. The first kappa shape index (κ1) is 40.4. The Morgan fingerprint density at radius 2 is 1.56 bits per heavy atom. The Hall–Kier alpha value is -4.33. The SMILES string of the molecule is CC(C)Cc1nc(CCN(C)C(=O)N[C@H](C(=O)N[C@@H](Cc2ccccc2)C[C@H](O)[C@H](Cc2ccccc2)NC(=O)OCc2cncs2)C(C)C)cs1. The first-order valence-corrected chi connectivity index (χ1v) is 19.5. The highest BCUT2D eigenvalue weighted by atomic mass is 32.1. The summed E-state index contributed by atoms with van der Waals surface area (Å²) in [7, 11) is 1.71. The number of nitrogens with zero attached hydrogens (tertiary/aromatic N) is 3. The monoisotopic (exact) mass is 748 g/mol. The Bertz CT molecular complexity index is 1650. The lowest BCUT2D eigenvalue weighted by Crippen LogP contribution is -2.56. The molecule has 11 nitrogen and oxygen atoms in total. The molecule has 4 N–H and O–H groups in total. The molecule has 0 aliphatic carbocycles. The lowest BCUT2D eigenvalue weighted by molar-refractivity contribution is -0.124. The van der Waals surface area contributed by atoms with E-state index in [-0.39, 0.29) is 30.9 Å². The van der Waals surface area contributed by atoms with E-state index in [0.717, 1.165) is 33.1 Å². The molecule has 4 aromatic rings. The number of amides is 4. The zero-order chi connectivity index (χ0) is 37.5. The van der Waals surface area contributed by atoms with Crippen LogP contribution in [0.4, 0.5) is 9.59 Å². The molecule has 0 unspecified atom stereocenters. The quantitative estimate of drug-likeness (QED) is 0.0918. The third-order valence-corrected chi connectivity index (χ3v) is 10.2. The van der Waals surface area contributed by atoms with Gasteiger partial charge in [-0.15, -0.1) is 22.7 Å². The summed E-state index contributed by atoms with van der Waals surface area (Å²) in [6.45, 7) is 8.62. The number of ether oxygens (including phenoxy) is 1. The molecule has 0 saturated carbocycles. The number of aliphatic hydroxyl groups excluding tert-OH is 1. The second-order valence-corrected chi connectivity index (χ2v) is 15.8. The number of carbonyl (C=O) groups is 3. The van der Waals surface area contributed by atoms with Crippen LogP contribution in [-0.2, 0) is 41.8 Å². The zero-order valence-corrected chi connectivity index (χ0v) is 32.3. The number of rotatable bonds is 19. The molecule has 4 amide bonds. The van der Waals surface area contributed by atoms with Gasteiger partial charge >= 0.3 is 12.1 Å². The van der Waals surface area contributed by atoms with Crippen molar-refractivity contribution in [1.29, 1.82) is 0 Å². The summed E-state index contributed by atoms with van der Waals surface area (Å²) >= 11 is 3.03. The van der Waals surface area contributed by atoms with Crippen molar-refractivity contribution in [3.63, 3.8) is 0 Å². The fourth-order valence-corrected chi connectivity index (χ4v) is 7.25. The second kappa shape index (κ2) is 20.6. The van der Waals surface area contributed by atoms with E-state index in [4.69, 9.17) is 9.72 Å². The summed E-state index contributed by atoms with van der Waals surface area (Å²) < 4.78 is 5.43. The van der Waals surface area contributed by atoms with Crippen molar-refractivity contribution in [3.8, 4) is 0 Å². The molecule has 2 aromatic heterocycles. The molecule has 0 aliphatic rings. The van der Waals surface area contributed by atoms with E-state index in [1.54, 1.807) is 35.0 Å². The van der Waals surface area contributed by atoms with Crippen LogP contribution in [-0.4, -0.2) is 75.8 Å². The van der Waals surface area contributed by atoms with Crippen molar-refractivity contribution in [2.75, 3.05) is 13.6 Å². The lowest BCUT2D eigenvalue weighted by atomic mass is 9.93. The number of aromatic nitrogens is 2. The molecule has 2 heterocycles. The van der Waals surface area contributed by atoms with Crippen LogP contribution in [0.3, 0.4) is 0 Å². The van der Waals surface area contributed by atoms with Crippen LogP contribution in [0.1, 0.15) is 60.8 Å². The van der Waals surface area contributed by atoms with Gasteiger partial charge in [-0.1, -0.05) is 88.4 Å². The Labute approximate surface area is 315 Å². The predicted octanol–water partition coefficient (Wildman–Crippen LogP) is 6.02. The van der Waals surface area contributed by atoms with Crippen LogP contribution in [0.15, 0.2) is 77.8 Å². The maximum Gasteiger partial charge on any atom is 0.407 e. The van der Waals surface area contributed by atoms with Gasteiger partial charge < -0.3 is 30.7 Å². The smallest absolute Gasteiger partial charge is 0.407 e. The summed E-state index contributed by atoms with van der Waals surface area (Å²) in [5.41, 5.74) is 4.52. The van der Waals surface area contributed by atoms with Gasteiger partial charge in [-0.3, -0.25) is 9.78 Å². The Balaban J connectivity index is 1.43. The highest BCUT2D eigenvalue weighted by molar-refractivity contribution is 7.09. The molecule has 2 aromatic carbocycles. The standard InChI is InChI=1S/C39H52N6O5S2/c1-26(2)18-35-41-30(24-51-35)16-17-45(5)38(48)44-36(27(3)4)37(47)42-31(19-28-12-8-6-9-13-28)21-34(46)33(20-29-14-10-7-11-15-29)43-39(49)50-23-32-22-40-25-52-32/h6-15,22,24-27,31,33-34,36,46H,16-21,23H2,1-5H3,(H,42,47)(H,43,49)(H,44,48)/t31-,33-,34-,36-/m0/s1. The van der Waals surface area contributed by atoms with E-state index < -0.39 is 30.3 Å². The van der Waals surface area contributed by atoms with Crippen molar-refractivity contribution < 1.29 is 24.2 Å². The summed E-state index contributed by atoms with van der Waals surface area (Å²) in [5, 5.41) is 23.7. The Kier molecular flexibility index (Phi) is 16.1. The molecule has 13 heteroatoms. The summed E-state index contributed by atoms with van der Waals surface area (Å²) in [4.78, 5) is 51.2. The van der Waals surface area contributed by atoms with Gasteiger partial charge in [0.25, 0.3) is 0 Å². The van der Waals surface area contributed by atoms with Crippen molar-refractivity contribution in [1.82, 2.24) is 30.8 Å². The number of aliphatic hydroxyl groups is 1. The first-order chi connectivity index (χ1) is 25.0. The minimum atomic E-state index is -1.05. The average Bonchev–Trinajstić information content (AvgIpc) is 3.81. The van der Waals surface area contributed by atoms with Crippen molar-refractivity contribution in [3.05, 3.63) is 104 Å². The van der Waals surface area contributed by atoms with E-state index >= 15 is 0 Å². The minimum absolute atomic E-state index is 0.0684. The molecular weight excluding hydrogens is 697 g/mol. The largest absolute Gasteiger partial charge is 0.444 e. The number of likely N-dealkylation sites (N-methyl/N-ethyl adjacent to an activating group) is 1. The van der Waals surface area contributed by atoms with Gasteiger partial charge in [-0.2, -0.15) is 0 Å². The molecule has 0 fully saturated rings. The first-order valence-electron chi connectivity index (χ1n) is 17.8. The number of thiazole rings is 2. The second-order valence-electron chi connectivity index (χ2n) is 13.9. The fourth-order valence-electron chi connectivity index (χ4n) is 5.70. The minimum Gasteiger partial charge on any atom is -0.444 e. The number of benzene rings is 2. The van der Waals surface area contributed by atoms with Gasteiger partial charge in [0.2, 0.25) is 5.91 Å². The van der Waals surface area contributed by atoms with Crippen LogP contribution in [0.5, 0.6) is 0 Å². The topological polar surface area (TPSA) is 146 Å². The molecule has 0 spiro atoms. The van der Waals surface area contributed by atoms with E-state index in [2.05, 4.69) is 34.8 Å². The molecule has 280 valence electrons. The average molecular weight is 749 g/mol. The number of hydrogen-bond donors (Lipinski definition) is 4. The van der Waals surface area contributed by atoms with Gasteiger partial charge in [0, 0.05) is 44.1 Å². The van der Waals surface area contributed by atoms with Gasteiger partial charge in [-0.05, 0) is 42.2 Å². The lowest BCUT2D eigenvalue weighted by Gasteiger charge is -2.30. The highest BCUT2D eigenvalue weighted by Gasteiger charge is 2.31. The molecule has 0 radical (unpaired) electrons. The van der Waals surface area contributed by atoms with Crippen molar-refractivity contribution in [2.24, 2.45) is 11.8 Å². The molecule has 4 atom stereocenters. The van der Waals surface area contributed by atoms with Crippen LogP contribution in [0.25, 0.3) is 0 Å². The number of carbonyl (C=O) groups excluding carboxylic acids is 3. The molecular formula is C39H52N6O5S2. The fraction of sp³-hybridized carbons (Fsp3) is 0.462. The van der Waals surface area contributed by atoms with Gasteiger partial charge in [0.1, 0.15) is 12.6 Å². The van der Waals surface area contributed by atoms with Crippen LogP contribution < -0.4 is 16.0 Å². The third kappa shape index (κ3) is 13.7. The number of urea groups is 1. The Morgan fingerprint density at radius 3 is 2.17 bits per heavy atom. The normalized spacial score (nSPS) is 13.6. The zero-order valence-electron chi connectivity index (χ0n) is 30.7. The molecule has 0 saturated heterocycles. The number of alkyl carbamates (subject to hydrolysis) is 1.